The van der Waals surface area contributed by atoms with Crippen molar-refractivity contribution in [1.82, 2.24) is 10.2 Å². The van der Waals surface area contributed by atoms with Gasteiger partial charge in [-0.05, 0) is 42.8 Å². The first-order chi connectivity index (χ1) is 13.4. The molecule has 7 heteroatoms. The largest absolute Gasteiger partial charge is 0.489 e. The quantitative estimate of drug-likeness (QED) is 0.532. The van der Waals surface area contributed by atoms with Gasteiger partial charge in [0.15, 0.2) is 5.78 Å². The van der Waals surface area contributed by atoms with Crippen LogP contribution in [0.3, 0.4) is 0 Å². The minimum atomic E-state index is -4.41. The Labute approximate surface area is 160 Å². The van der Waals surface area contributed by atoms with Gasteiger partial charge in [-0.2, -0.15) is 18.3 Å². The highest BCUT2D eigenvalue weighted by Crippen LogP contribution is 2.32. The molecule has 3 rings (SSSR count). The van der Waals surface area contributed by atoms with Crippen LogP contribution in [0.4, 0.5) is 13.2 Å². The number of H-pyrrole nitrogens is 1. The molecular weight excluding hydrogens is 369 g/mol. The summed E-state index contributed by atoms with van der Waals surface area (Å²) in [6.07, 6.45) is -1.61. The van der Waals surface area contributed by atoms with E-state index in [1.165, 1.54) is 12.3 Å². The highest BCUT2D eigenvalue weighted by atomic mass is 19.4. The molecule has 0 radical (unpaired) electrons. The summed E-state index contributed by atoms with van der Waals surface area (Å²) < 4.78 is 44.5. The second kappa shape index (κ2) is 8.29. The van der Waals surface area contributed by atoms with Crippen molar-refractivity contribution in [2.75, 3.05) is 0 Å². The maximum absolute atomic E-state index is 12.9. The first-order valence-corrected chi connectivity index (χ1v) is 8.84. The van der Waals surface area contributed by atoms with E-state index in [0.717, 1.165) is 18.6 Å². The molecule has 0 fully saturated rings. The van der Waals surface area contributed by atoms with Crippen molar-refractivity contribution >= 4 is 5.78 Å². The fourth-order valence-corrected chi connectivity index (χ4v) is 2.79. The molecule has 1 N–H and O–H groups in total. The Morgan fingerprint density at radius 2 is 1.89 bits per heavy atom. The molecular formula is C21H19F3N2O2. The van der Waals surface area contributed by atoms with Crippen molar-refractivity contribution in [2.24, 2.45) is 0 Å². The van der Waals surface area contributed by atoms with Crippen LogP contribution in [0.15, 0.2) is 54.7 Å². The number of benzene rings is 2. The number of aromatic amines is 1. The van der Waals surface area contributed by atoms with Gasteiger partial charge in [-0.25, -0.2) is 0 Å². The average molecular weight is 388 g/mol. The molecule has 2 aromatic carbocycles. The number of nitrogens with one attached hydrogen (secondary N) is 1. The average Bonchev–Trinajstić information content (AvgIpc) is 3.15. The summed E-state index contributed by atoms with van der Waals surface area (Å²) in [6, 6.07) is 11.9. The highest BCUT2D eigenvalue weighted by Gasteiger charge is 2.30. The van der Waals surface area contributed by atoms with Crippen LogP contribution in [0, 0.1) is 0 Å². The molecule has 0 atom stereocenters. The zero-order valence-corrected chi connectivity index (χ0v) is 15.2. The minimum absolute atomic E-state index is 0.0794. The van der Waals surface area contributed by atoms with Crippen LogP contribution in [-0.2, 0) is 12.8 Å². The third kappa shape index (κ3) is 4.60. The van der Waals surface area contributed by atoms with Crippen LogP contribution >= 0.6 is 0 Å². The Balaban J connectivity index is 1.72. The summed E-state index contributed by atoms with van der Waals surface area (Å²) in [5, 5.41) is 6.66. The maximum atomic E-state index is 12.9. The fraction of sp³-hybridized carbons (Fsp3) is 0.238. The summed E-state index contributed by atoms with van der Waals surface area (Å²) in [7, 11) is 0. The molecule has 146 valence electrons. The lowest BCUT2D eigenvalue weighted by Crippen LogP contribution is -2.05. The monoisotopic (exact) mass is 388 g/mol. The van der Waals surface area contributed by atoms with Gasteiger partial charge in [0.05, 0.1) is 17.5 Å². The molecule has 0 unspecified atom stereocenters. The Morgan fingerprint density at radius 1 is 1.14 bits per heavy atom. The van der Waals surface area contributed by atoms with Crippen molar-refractivity contribution in [1.29, 1.82) is 0 Å². The van der Waals surface area contributed by atoms with Gasteiger partial charge in [-0.1, -0.05) is 19.1 Å². The summed E-state index contributed by atoms with van der Waals surface area (Å²) >= 11 is 0. The molecule has 0 aliphatic heterocycles. The Bertz CT molecular complexity index is 947. The molecule has 3 aromatic rings. The molecule has 4 nitrogen and oxygen atoms in total. The lowest BCUT2D eigenvalue weighted by atomic mass is 10.1. The van der Waals surface area contributed by atoms with E-state index in [1.54, 1.807) is 30.3 Å². The van der Waals surface area contributed by atoms with Crippen LogP contribution in [0.25, 0.3) is 11.3 Å². The molecule has 0 amide bonds. The second-order valence-corrected chi connectivity index (χ2v) is 6.34. The number of carbonyl (C=O) groups excluding carboxylic acids is 1. The number of Topliss-reactive ketones (excluding diaryl/α,β-unsaturated/α-hetero) is 1. The van der Waals surface area contributed by atoms with Gasteiger partial charge in [-0.15, -0.1) is 0 Å². The van der Waals surface area contributed by atoms with Gasteiger partial charge in [0, 0.05) is 23.1 Å². The summed E-state index contributed by atoms with van der Waals surface area (Å²) in [6.45, 7) is 2.08. The number of hydrogen-bond donors (Lipinski definition) is 1. The normalized spacial score (nSPS) is 11.4. The molecule has 1 aromatic heterocycles. The van der Waals surface area contributed by atoms with Crippen LogP contribution in [0.1, 0.15) is 41.3 Å². The number of nitrogens with zero attached hydrogens (tertiary/aromatic N) is 1. The molecule has 0 bridgehead atoms. The van der Waals surface area contributed by atoms with Gasteiger partial charge >= 0.3 is 6.18 Å². The highest BCUT2D eigenvalue weighted by molar-refractivity contribution is 5.96. The van der Waals surface area contributed by atoms with Crippen molar-refractivity contribution < 1.29 is 22.7 Å². The third-order valence-electron chi connectivity index (χ3n) is 4.24. The summed E-state index contributed by atoms with van der Waals surface area (Å²) in [5.41, 5.74) is 1.39. The topological polar surface area (TPSA) is 55.0 Å². The van der Waals surface area contributed by atoms with E-state index in [-0.39, 0.29) is 12.4 Å². The predicted molar refractivity (Wildman–Crippen MR) is 99.0 cm³/mol. The standard InChI is InChI=1S/C21H19F3N2O2/c1-2-4-19(27)14-7-9-18(10-8-14)28-13-16-12-25-26-20(16)15-5-3-6-17(11-15)21(22,23)24/h3,5-12H,2,4,13H2,1H3,(H,25,26). The fourth-order valence-electron chi connectivity index (χ4n) is 2.79. The van der Waals surface area contributed by atoms with Gasteiger partial charge < -0.3 is 4.74 Å². The molecule has 28 heavy (non-hydrogen) atoms. The van der Waals surface area contributed by atoms with Crippen molar-refractivity contribution in [3.63, 3.8) is 0 Å². The van der Waals surface area contributed by atoms with Crippen molar-refractivity contribution in [3.05, 3.63) is 71.4 Å². The third-order valence-corrected chi connectivity index (χ3v) is 4.24. The Kier molecular flexibility index (Phi) is 5.82. The van der Waals surface area contributed by atoms with E-state index in [9.17, 15) is 18.0 Å². The second-order valence-electron chi connectivity index (χ2n) is 6.34. The molecule has 0 spiro atoms. The zero-order valence-electron chi connectivity index (χ0n) is 15.2. The lowest BCUT2D eigenvalue weighted by molar-refractivity contribution is -0.137. The Hall–Kier alpha value is -3.09. The van der Waals surface area contributed by atoms with E-state index in [0.29, 0.717) is 34.6 Å². The lowest BCUT2D eigenvalue weighted by Gasteiger charge is -2.10. The number of aromatic nitrogens is 2. The van der Waals surface area contributed by atoms with Crippen LogP contribution in [0.2, 0.25) is 0 Å². The molecule has 1 heterocycles. The van der Waals surface area contributed by atoms with E-state index >= 15 is 0 Å². The molecule has 0 saturated heterocycles. The molecule has 0 aliphatic rings. The number of carbonyl (C=O) groups is 1. The van der Waals surface area contributed by atoms with Gasteiger partial charge in [0.25, 0.3) is 0 Å². The van der Waals surface area contributed by atoms with Crippen molar-refractivity contribution in [3.8, 4) is 17.0 Å². The first-order valence-electron chi connectivity index (χ1n) is 8.84. The van der Waals surface area contributed by atoms with Gasteiger partial charge in [0.2, 0.25) is 0 Å². The van der Waals surface area contributed by atoms with Crippen LogP contribution < -0.4 is 4.74 Å². The minimum Gasteiger partial charge on any atom is -0.489 e. The van der Waals surface area contributed by atoms with E-state index in [1.807, 2.05) is 6.92 Å². The molecule has 0 aliphatic carbocycles. The summed E-state index contributed by atoms with van der Waals surface area (Å²) in [5.74, 6) is 0.639. The zero-order chi connectivity index (χ0) is 20.1. The number of alkyl halides is 3. The van der Waals surface area contributed by atoms with Crippen molar-refractivity contribution in [2.45, 2.75) is 32.5 Å². The number of halogens is 3. The number of ether oxygens (including phenoxy) is 1. The summed E-state index contributed by atoms with van der Waals surface area (Å²) in [4.78, 5) is 11.9. The van der Waals surface area contributed by atoms with Crippen LogP contribution in [-0.4, -0.2) is 16.0 Å². The number of rotatable bonds is 7. The first kappa shape index (κ1) is 19.7. The smallest absolute Gasteiger partial charge is 0.416 e. The van der Waals surface area contributed by atoms with E-state index in [4.69, 9.17) is 4.74 Å². The number of hydrogen-bond acceptors (Lipinski definition) is 3. The van der Waals surface area contributed by atoms with Crippen LogP contribution in [0.5, 0.6) is 5.75 Å². The molecule has 0 saturated carbocycles. The van der Waals surface area contributed by atoms with Gasteiger partial charge in [0.1, 0.15) is 12.4 Å². The van der Waals surface area contributed by atoms with Gasteiger partial charge in [-0.3, -0.25) is 9.89 Å². The SMILES string of the molecule is CCCC(=O)c1ccc(OCc2cn[nH]c2-c2cccc(C(F)(F)F)c2)cc1. The maximum Gasteiger partial charge on any atom is 0.416 e. The van der Waals surface area contributed by atoms with E-state index in [2.05, 4.69) is 10.2 Å². The van der Waals surface area contributed by atoms with E-state index < -0.39 is 11.7 Å². The predicted octanol–water partition coefficient (Wildman–Crippen LogP) is 5.66. The number of ketones is 1. The Morgan fingerprint density at radius 3 is 2.57 bits per heavy atom.